The predicted molar refractivity (Wildman–Crippen MR) is 293 cm³/mol. The molecule has 0 aromatic heterocycles. The summed E-state index contributed by atoms with van der Waals surface area (Å²) in [5, 5.41) is 8.61. The minimum absolute atomic E-state index is 0.0169. The molecule has 0 aliphatic heterocycles. The Labute approximate surface area is 482 Å². The number of aliphatic hydroxyl groups is 1. The van der Waals surface area contributed by atoms with E-state index in [4.69, 9.17) is 124 Å². The molecule has 484 valence electrons. The maximum atomic E-state index is 11.2. The van der Waals surface area contributed by atoms with E-state index in [0.29, 0.717) is 323 Å². The summed E-state index contributed by atoms with van der Waals surface area (Å²) >= 11 is 0. The highest BCUT2D eigenvalue weighted by atomic mass is 16.6. The molecule has 0 spiro atoms. The largest absolute Gasteiger partial charge is 0.460 e. The molecule has 0 aliphatic rings. The van der Waals surface area contributed by atoms with Crippen molar-refractivity contribution in [2.45, 2.75) is 6.92 Å². The summed E-state index contributed by atoms with van der Waals surface area (Å²) < 4.78 is 136. The van der Waals surface area contributed by atoms with Gasteiger partial charge >= 0.3 is 5.97 Å². The van der Waals surface area contributed by atoms with Crippen LogP contribution >= 0.6 is 0 Å². The lowest BCUT2D eigenvalue weighted by Crippen LogP contribution is -2.16. The lowest BCUT2D eigenvalue weighted by molar-refractivity contribution is -0.140. The number of carbonyl (C=O) groups excluding carboxylic acids is 1. The molecule has 0 bridgehead atoms. The Kier molecular flexibility index (Phi) is 72.7. The molecular formula is C54H106O27. The van der Waals surface area contributed by atoms with Crippen molar-refractivity contribution in [1.82, 2.24) is 0 Å². The number of esters is 1. The lowest BCUT2D eigenvalue weighted by Gasteiger charge is -2.09. The van der Waals surface area contributed by atoms with Crippen molar-refractivity contribution in [1.29, 1.82) is 0 Å². The Morgan fingerprint density at radius 3 is 0.407 bits per heavy atom. The fraction of sp³-hybridized carbons (Fsp3) is 0.944. The van der Waals surface area contributed by atoms with Crippen LogP contribution in [-0.2, 0) is 123 Å². The van der Waals surface area contributed by atoms with E-state index < -0.39 is 5.97 Å². The molecule has 27 heteroatoms. The molecule has 0 radical (unpaired) electrons. The molecule has 1 N–H and O–H groups in total. The molecule has 0 unspecified atom stereocenters. The minimum Gasteiger partial charge on any atom is -0.460 e. The summed E-state index contributed by atoms with van der Waals surface area (Å²) in [5.74, 6) is -0.419. The van der Waals surface area contributed by atoms with E-state index in [0.717, 1.165) is 0 Å². The average molecular weight is 1190 g/mol. The zero-order valence-electron chi connectivity index (χ0n) is 49.1. The first kappa shape index (κ1) is 79.2. The third-order valence-corrected chi connectivity index (χ3v) is 9.60. The molecule has 0 amide bonds. The van der Waals surface area contributed by atoms with Gasteiger partial charge in [-0.05, 0) is 6.92 Å². The zero-order valence-corrected chi connectivity index (χ0v) is 49.1. The van der Waals surface area contributed by atoms with Gasteiger partial charge in [-0.2, -0.15) is 0 Å². The molecule has 81 heavy (non-hydrogen) atoms. The second-order valence-electron chi connectivity index (χ2n) is 16.3. The van der Waals surface area contributed by atoms with E-state index in [-0.39, 0.29) is 13.2 Å². The van der Waals surface area contributed by atoms with Gasteiger partial charge in [0, 0.05) is 5.57 Å². The van der Waals surface area contributed by atoms with Crippen LogP contribution in [0.2, 0.25) is 0 Å². The number of hydrogen-bond donors (Lipinski definition) is 1. The van der Waals surface area contributed by atoms with Crippen molar-refractivity contribution in [3.8, 4) is 0 Å². The van der Waals surface area contributed by atoms with E-state index in [1.165, 1.54) is 0 Å². The van der Waals surface area contributed by atoms with Gasteiger partial charge in [-0.25, -0.2) is 4.79 Å². The first-order valence-corrected chi connectivity index (χ1v) is 28.5. The monoisotopic (exact) mass is 1190 g/mol. The summed E-state index contributed by atoms with van der Waals surface area (Å²) in [6.45, 7) is 28.0. The fourth-order valence-corrected chi connectivity index (χ4v) is 5.54. The molecule has 0 aromatic carbocycles. The number of carbonyl (C=O) groups is 1. The number of rotatable bonds is 75. The molecule has 0 saturated heterocycles. The summed E-state index contributed by atoms with van der Waals surface area (Å²) in [5.41, 5.74) is 0.364. The molecule has 0 aromatic rings. The highest BCUT2D eigenvalue weighted by Gasteiger charge is 2.03. The number of ether oxygens (including phenoxy) is 25. The van der Waals surface area contributed by atoms with Crippen LogP contribution in [-0.4, -0.2) is 341 Å². The van der Waals surface area contributed by atoms with Crippen LogP contribution in [0.4, 0.5) is 0 Å². The highest BCUT2D eigenvalue weighted by Crippen LogP contribution is 1.94. The predicted octanol–water partition coefficient (Wildman–Crippen LogP) is 0.496. The first-order chi connectivity index (χ1) is 40.2. The van der Waals surface area contributed by atoms with Crippen molar-refractivity contribution in [3.63, 3.8) is 0 Å². The van der Waals surface area contributed by atoms with E-state index >= 15 is 0 Å². The second kappa shape index (κ2) is 74.3. The molecule has 0 fully saturated rings. The van der Waals surface area contributed by atoms with Crippen molar-refractivity contribution in [2.24, 2.45) is 0 Å². The van der Waals surface area contributed by atoms with Crippen LogP contribution in [0, 0.1) is 0 Å². The lowest BCUT2D eigenvalue weighted by atomic mass is 10.4. The molecule has 0 aliphatic carbocycles. The van der Waals surface area contributed by atoms with Crippen molar-refractivity contribution < 1.29 is 128 Å². The fourth-order valence-electron chi connectivity index (χ4n) is 5.54. The molecule has 0 heterocycles. The van der Waals surface area contributed by atoms with Gasteiger partial charge in [-0.1, -0.05) is 6.58 Å². The molecule has 0 atom stereocenters. The SMILES string of the molecule is C=C(C)C(=O)OCCOCCOCCOCCOCCOCCOCCOCCOCCOCCOCCOCCOCCOCCOCCOCCOCCOCCOCCOCCOCCOCCOCCOCCOCCO. The van der Waals surface area contributed by atoms with Crippen LogP contribution < -0.4 is 0 Å². The minimum atomic E-state index is -0.419. The molecule has 0 rings (SSSR count). The summed E-state index contributed by atoms with van der Waals surface area (Å²) in [6.07, 6.45) is 0. The topological polar surface area (TPSA) is 268 Å². The number of aliphatic hydroxyl groups excluding tert-OH is 1. The average Bonchev–Trinajstić information content (AvgIpc) is 3.47. The number of hydrogen-bond acceptors (Lipinski definition) is 27. The second-order valence-corrected chi connectivity index (χ2v) is 16.3. The normalized spacial score (nSPS) is 11.6. The maximum Gasteiger partial charge on any atom is 0.333 e. The third-order valence-electron chi connectivity index (χ3n) is 9.60. The van der Waals surface area contributed by atoms with Crippen LogP contribution in [0.1, 0.15) is 6.92 Å². The Balaban J connectivity index is 3.09. The van der Waals surface area contributed by atoms with Gasteiger partial charge < -0.3 is 124 Å². The van der Waals surface area contributed by atoms with Crippen LogP contribution in [0.5, 0.6) is 0 Å². The van der Waals surface area contributed by atoms with E-state index in [1.54, 1.807) is 6.92 Å². The third kappa shape index (κ3) is 74.3. The van der Waals surface area contributed by atoms with Crippen LogP contribution in [0.3, 0.4) is 0 Å². The van der Waals surface area contributed by atoms with Gasteiger partial charge in [-0.3, -0.25) is 0 Å². The van der Waals surface area contributed by atoms with Crippen LogP contribution in [0.15, 0.2) is 12.2 Å². The van der Waals surface area contributed by atoms with E-state index in [2.05, 4.69) is 6.58 Å². The van der Waals surface area contributed by atoms with E-state index in [9.17, 15) is 4.79 Å². The van der Waals surface area contributed by atoms with Crippen molar-refractivity contribution in [3.05, 3.63) is 12.2 Å². The molecule has 27 nitrogen and oxygen atoms in total. The standard InChI is InChI=1S/C54H106O27/c1-53(2)54(56)81-52-51-80-50-49-79-48-47-78-46-45-77-44-43-76-42-41-75-40-39-74-38-37-73-36-35-72-34-33-71-32-31-70-30-29-69-28-27-68-26-25-67-24-23-66-22-21-65-20-19-64-18-17-63-16-15-62-14-13-61-12-11-60-10-9-59-8-7-58-6-5-57-4-3-55/h55H,1,3-52H2,2H3. The first-order valence-electron chi connectivity index (χ1n) is 28.5. The van der Waals surface area contributed by atoms with Crippen molar-refractivity contribution in [2.75, 3.05) is 330 Å². The Morgan fingerprint density at radius 1 is 0.210 bits per heavy atom. The zero-order chi connectivity index (χ0) is 58.2. The van der Waals surface area contributed by atoms with Gasteiger partial charge in [0.1, 0.15) is 6.61 Å². The maximum absolute atomic E-state index is 11.2. The summed E-state index contributed by atoms with van der Waals surface area (Å²) in [6, 6.07) is 0. The van der Waals surface area contributed by atoms with Gasteiger partial charge in [0.05, 0.1) is 324 Å². The Bertz CT molecular complexity index is 1190. The Morgan fingerprint density at radius 2 is 0.309 bits per heavy atom. The highest BCUT2D eigenvalue weighted by molar-refractivity contribution is 5.86. The van der Waals surface area contributed by atoms with Gasteiger partial charge in [0.15, 0.2) is 0 Å². The van der Waals surface area contributed by atoms with Gasteiger partial charge in [-0.15, -0.1) is 0 Å². The van der Waals surface area contributed by atoms with Crippen LogP contribution in [0.25, 0.3) is 0 Å². The quantitative estimate of drug-likeness (QED) is 0.0493. The van der Waals surface area contributed by atoms with Gasteiger partial charge in [0.25, 0.3) is 0 Å². The Hall–Kier alpha value is -1.79. The molecular weight excluding hydrogens is 1080 g/mol. The smallest absolute Gasteiger partial charge is 0.333 e. The van der Waals surface area contributed by atoms with Gasteiger partial charge in [0.2, 0.25) is 0 Å². The van der Waals surface area contributed by atoms with Crippen molar-refractivity contribution >= 4 is 5.97 Å². The molecule has 0 saturated carbocycles. The summed E-state index contributed by atoms with van der Waals surface area (Å²) in [4.78, 5) is 11.2. The van der Waals surface area contributed by atoms with E-state index in [1.807, 2.05) is 0 Å². The summed E-state index contributed by atoms with van der Waals surface area (Å²) in [7, 11) is 0.